The number of aryl methyl sites for hydroxylation is 1. The van der Waals surface area contributed by atoms with Crippen molar-refractivity contribution in [3.63, 3.8) is 0 Å². The minimum Gasteiger partial charge on any atom is -0.368 e. The minimum atomic E-state index is -0.211. The summed E-state index contributed by atoms with van der Waals surface area (Å²) in [7, 11) is 0. The summed E-state index contributed by atoms with van der Waals surface area (Å²) in [6.07, 6.45) is 7.26. The Morgan fingerprint density at radius 3 is 2.40 bits per heavy atom. The maximum Gasteiger partial charge on any atom is 0.246 e. The van der Waals surface area contributed by atoms with Gasteiger partial charge in [0, 0.05) is 25.2 Å². The van der Waals surface area contributed by atoms with Crippen molar-refractivity contribution in [2.45, 2.75) is 44.7 Å². The van der Waals surface area contributed by atoms with Crippen molar-refractivity contribution >= 4 is 17.9 Å². The molecule has 2 heterocycles. The second-order valence-electron chi connectivity index (χ2n) is 7.10. The van der Waals surface area contributed by atoms with Gasteiger partial charge in [-0.3, -0.25) is 14.5 Å². The van der Waals surface area contributed by atoms with E-state index in [0.29, 0.717) is 6.04 Å². The Balaban J connectivity index is 1.52. The first-order valence-corrected chi connectivity index (χ1v) is 9.13. The van der Waals surface area contributed by atoms with Crippen molar-refractivity contribution < 1.29 is 9.59 Å². The van der Waals surface area contributed by atoms with Crippen LogP contribution in [0.15, 0.2) is 30.3 Å². The predicted molar refractivity (Wildman–Crippen MR) is 98.7 cm³/mol. The number of benzene rings is 1. The molecule has 5 heteroatoms. The molecule has 1 atom stereocenters. The summed E-state index contributed by atoms with van der Waals surface area (Å²) >= 11 is 0. The molecular weight excluding hydrogens is 314 g/mol. The van der Waals surface area contributed by atoms with Crippen molar-refractivity contribution in [2.24, 2.45) is 5.73 Å². The molecule has 2 N–H and O–H groups in total. The number of primary amides is 1. The molecule has 2 aliphatic heterocycles. The van der Waals surface area contributed by atoms with Crippen molar-refractivity contribution in [1.29, 1.82) is 0 Å². The minimum absolute atomic E-state index is 0.0619. The van der Waals surface area contributed by atoms with Gasteiger partial charge in [-0.15, -0.1) is 0 Å². The van der Waals surface area contributed by atoms with E-state index in [4.69, 9.17) is 5.73 Å². The van der Waals surface area contributed by atoms with E-state index in [-0.39, 0.29) is 17.9 Å². The molecule has 0 spiro atoms. The van der Waals surface area contributed by atoms with Crippen LogP contribution in [0, 0.1) is 6.92 Å². The van der Waals surface area contributed by atoms with E-state index < -0.39 is 0 Å². The Bertz CT molecular complexity index is 645. The Morgan fingerprint density at radius 1 is 1.08 bits per heavy atom. The van der Waals surface area contributed by atoms with Gasteiger partial charge < -0.3 is 10.6 Å². The monoisotopic (exact) mass is 341 g/mol. The van der Waals surface area contributed by atoms with Crippen LogP contribution >= 0.6 is 0 Å². The molecule has 0 aliphatic carbocycles. The van der Waals surface area contributed by atoms with Crippen LogP contribution in [-0.2, 0) is 9.59 Å². The van der Waals surface area contributed by atoms with Gasteiger partial charge in [0.2, 0.25) is 11.8 Å². The van der Waals surface area contributed by atoms with Crippen LogP contribution < -0.4 is 5.73 Å². The average Bonchev–Trinajstić information content (AvgIpc) is 3.11. The lowest BCUT2D eigenvalue weighted by Gasteiger charge is -2.38. The number of carbonyl (C=O) groups is 2. The third kappa shape index (κ3) is 4.28. The van der Waals surface area contributed by atoms with Crippen LogP contribution in [0.4, 0.5) is 0 Å². The molecule has 25 heavy (non-hydrogen) atoms. The molecule has 1 aromatic rings. The summed E-state index contributed by atoms with van der Waals surface area (Å²) in [5.41, 5.74) is 7.77. The summed E-state index contributed by atoms with van der Waals surface area (Å²) in [5, 5.41) is 0. The van der Waals surface area contributed by atoms with E-state index in [9.17, 15) is 9.59 Å². The van der Waals surface area contributed by atoms with Gasteiger partial charge in [-0.1, -0.05) is 29.8 Å². The maximum absolute atomic E-state index is 12.4. The van der Waals surface area contributed by atoms with Crippen LogP contribution in [0.25, 0.3) is 6.08 Å². The summed E-state index contributed by atoms with van der Waals surface area (Å²) in [6.45, 7) is 4.47. The Labute approximate surface area is 149 Å². The number of nitrogens with two attached hydrogens (primary N) is 1. The van der Waals surface area contributed by atoms with Crippen molar-refractivity contribution in [3.05, 3.63) is 41.5 Å². The fourth-order valence-corrected chi connectivity index (χ4v) is 3.90. The molecule has 0 bridgehead atoms. The van der Waals surface area contributed by atoms with Crippen LogP contribution in [0.5, 0.6) is 0 Å². The molecule has 0 radical (unpaired) electrons. The molecule has 0 aromatic heterocycles. The van der Waals surface area contributed by atoms with Gasteiger partial charge in [0.15, 0.2) is 0 Å². The fourth-order valence-electron chi connectivity index (χ4n) is 3.90. The SMILES string of the molecule is Cc1ccc(/C=C/C(=O)N2CCC(N3CCC[C@H]3C(N)=O)CC2)cc1. The van der Waals surface area contributed by atoms with E-state index in [1.807, 2.05) is 42.2 Å². The number of hydrogen-bond acceptors (Lipinski definition) is 3. The number of likely N-dealkylation sites (tertiary alicyclic amines) is 2. The molecule has 3 rings (SSSR count). The third-order valence-corrected chi connectivity index (χ3v) is 5.36. The highest BCUT2D eigenvalue weighted by molar-refractivity contribution is 5.91. The molecule has 134 valence electrons. The van der Waals surface area contributed by atoms with Crippen LogP contribution in [0.3, 0.4) is 0 Å². The second-order valence-corrected chi connectivity index (χ2v) is 7.10. The number of rotatable bonds is 4. The van der Waals surface area contributed by atoms with Gasteiger partial charge in [0.1, 0.15) is 0 Å². The zero-order chi connectivity index (χ0) is 17.8. The van der Waals surface area contributed by atoms with Gasteiger partial charge in [-0.25, -0.2) is 0 Å². The van der Waals surface area contributed by atoms with Gasteiger partial charge in [0.25, 0.3) is 0 Å². The molecule has 1 aromatic carbocycles. The van der Waals surface area contributed by atoms with Gasteiger partial charge in [-0.05, 0) is 50.8 Å². The standard InChI is InChI=1S/C20H27N3O2/c1-15-4-6-16(7-5-15)8-9-19(24)22-13-10-17(11-14-22)23-12-2-3-18(23)20(21)25/h4-9,17-18H,2-3,10-14H2,1H3,(H2,21,25)/b9-8+/t18-/m0/s1. The van der Waals surface area contributed by atoms with E-state index in [0.717, 1.165) is 50.9 Å². The molecule has 5 nitrogen and oxygen atoms in total. The average molecular weight is 341 g/mol. The lowest BCUT2D eigenvalue weighted by Crippen LogP contribution is -2.51. The second kappa shape index (κ2) is 7.83. The summed E-state index contributed by atoms with van der Waals surface area (Å²) in [4.78, 5) is 28.1. The Kier molecular flexibility index (Phi) is 5.53. The zero-order valence-corrected chi connectivity index (χ0v) is 14.9. The predicted octanol–water partition coefficient (Wildman–Crippen LogP) is 1.95. The molecule has 0 unspecified atom stereocenters. The summed E-state index contributed by atoms with van der Waals surface area (Å²) in [5.74, 6) is -0.149. The van der Waals surface area contributed by atoms with Crippen LogP contribution in [-0.4, -0.2) is 53.3 Å². The Hall–Kier alpha value is -2.14. The summed E-state index contributed by atoms with van der Waals surface area (Å²) < 4.78 is 0. The number of carbonyl (C=O) groups excluding carboxylic acids is 2. The molecule has 0 saturated carbocycles. The van der Waals surface area contributed by atoms with Crippen molar-refractivity contribution in [2.75, 3.05) is 19.6 Å². The number of piperidine rings is 1. The normalized spacial score (nSPS) is 22.6. The number of amides is 2. The summed E-state index contributed by atoms with van der Waals surface area (Å²) in [6, 6.07) is 8.37. The largest absolute Gasteiger partial charge is 0.368 e. The van der Waals surface area contributed by atoms with Crippen molar-refractivity contribution in [1.82, 2.24) is 9.80 Å². The van der Waals surface area contributed by atoms with Crippen LogP contribution in [0.1, 0.15) is 36.8 Å². The molecule has 2 saturated heterocycles. The molecular formula is C20H27N3O2. The first-order valence-electron chi connectivity index (χ1n) is 9.13. The van der Waals surface area contributed by atoms with E-state index in [2.05, 4.69) is 4.90 Å². The number of hydrogen-bond donors (Lipinski definition) is 1. The first-order chi connectivity index (χ1) is 12.0. The number of nitrogens with zero attached hydrogens (tertiary/aromatic N) is 2. The van der Waals surface area contributed by atoms with E-state index in [1.54, 1.807) is 6.08 Å². The first kappa shape index (κ1) is 17.7. The fraction of sp³-hybridized carbons (Fsp3) is 0.500. The third-order valence-electron chi connectivity index (χ3n) is 5.36. The highest BCUT2D eigenvalue weighted by atomic mass is 16.2. The van der Waals surface area contributed by atoms with E-state index in [1.165, 1.54) is 5.56 Å². The maximum atomic E-state index is 12.4. The van der Waals surface area contributed by atoms with Gasteiger partial charge in [-0.2, -0.15) is 0 Å². The smallest absolute Gasteiger partial charge is 0.246 e. The highest BCUT2D eigenvalue weighted by Crippen LogP contribution is 2.26. The highest BCUT2D eigenvalue weighted by Gasteiger charge is 2.35. The van der Waals surface area contributed by atoms with Gasteiger partial charge >= 0.3 is 0 Å². The lowest BCUT2D eigenvalue weighted by atomic mass is 10.0. The Morgan fingerprint density at radius 2 is 1.76 bits per heavy atom. The topological polar surface area (TPSA) is 66.6 Å². The lowest BCUT2D eigenvalue weighted by molar-refractivity contribution is -0.129. The molecule has 2 fully saturated rings. The quantitative estimate of drug-likeness (QED) is 0.851. The van der Waals surface area contributed by atoms with Crippen molar-refractivity contribution in [3.8, 4) is 0 Å². The molecule has 2 amide bonds. The zero-order valence-electron chi connectivity index (χ0n) is 14.9. The van der Waals surface area contributed by atoms with E-state index >= 15 is 0 Å². The molecule has 2 aliphatic rings. The van der Waals surface area contributed by atoms with Crippen LogP contribution in [0.2, 0.25) is 0 Å². The van der Waals surface area contributed by atoms with Gasteiger partial charge in [0.05, 0.1) is 6.04 Å².